The lowest BCUT2D eigenvalue weighted by Gasteiger charge is -2.39. The van der Waals surface area contributed by atoms with Crippen molar-refractivity contribution in [2.45, 2.75) is 19.4 Å². The first-order valence-corrected chi connectivity index (χ1v) is 8.75. The summed E-state index contributed by atoms with van der Waals surface area (Å²) in [5.41, 5.74) is 3.06. The number of amides is 1. The highest BCUT2D eigenvalue weighted by Gasteiger charge is 2.34. The third kappa shape index (κ3) is 3.18. The first-order valence-electron chi connectivity index (χ1n) is 8.75. The molecule has 1 amide bonds. The zero-order valence-corrected chi connectivity index (χ0v) is 14.6. The summed E-state index contributed by atoms with van der Waals surface area (Å²) in [4.78, 5) is 18.6. The number of benzene rings is 1. The molecular formula is C20H20N4O2. The Morgan fingerprint density at radius 2 is 2.00 bits per heavy atom. The molecule has 3 aromatic rings. The van der Waals surface area contributed by atoms with Crippen LogP contribution in [0.3, 0.4) is 0 Å². The minimum absolute atomic E-state index is 0.0323. The molecule has 6 nitrogen and oxygen atoms in total. The van der Waals surface area contributed by atoms with E-state index < -0.39 is 0 Å². The number of carbonyl (C=O) groups excluding carboxylic acids is 1. The van der Waals surface area contributed by atoms with E-state index in [1.54, 1.807) is 17.2 Å². The van der Waals surface area contributed by atoms with Crippen molar-refractivity contribution in [1.29, 1.82) is 0 Å². The van der Waals surface area contributed by atoms with Gasteiger partial charge in [0.15, 0.2) is 0 Å². The summed E-state index contributed by atoms with van der Waals surface area (Å²) in [5, 5.41) is 7.01. The fraction of sp³-hybridized carbons (Fsp3) is 0.250. The van der Waals surface area contributed by atoms with Crippen molar-refractivity contribution in [3.05, 3.63) is 66.0 Å². The van der Waals surface area contributed by atoms with Crippen LogP contribution in [0.15, 0.2) is 54.7 Å². The molecule has 3 heterocycles. The number of aryl methyl sites for hydroxylation is 1. The molecule has 0 atom stereocenters. The van der Waals surface area contributed by atoms with E-state index in [9.17, 15) is 4.79 Å². The molecule has 0 radical (unpaired) electrons. The summed E-state index contributed by atoms with van der Waals surface area (Å²) in [6.45, 7) is 3.26. The quantitative estimate of drug-likeness (QED) is 0.769. The number of rotatable bonds is 5. The Kier molecular flexibility index (Phi) is 4.39. The maximum Gasteiger partial charge on any atom is 0.272 e. The first kappa shape index (κ1) is 16.3. The molecule has 132 valence electrons. The molecule has 26 heavy (non-hydrogen) atoms. The first-order chi connectivity index (χ1) is 12.7. The van der Waals surface area contributed by atoms with Crippen molar-refractivity contribution in [3.8, 4) is 17.1 Å². The Morgan fingerprint density at radius 3 is 2.77 bits per heavy atom. The normalized spacial score (nSPS) is 14.1. The molecule has 1 aliphatic heterocycles. The summed E-state index contributed by atoms with van der Waals surface area (Å²) in [7, 11) is 0. The average Bonchev–Trinajstić information content (AvgIpc) is 3.15. The topological polar surface area (TPSA) is 71.1 Å². The fourth-order valence-electron chi connectivity index (χ4n) is 3.02. The van der Waals surface area contributed by atoms with Crippen LogP contribution >= 0.6 is 0 Å². The molecule has 0 spiro atoms. The number of likely N-dealkylation sites (tertiary alicyclic amines) is 1. The van der Waals surface area contributed by atoms with Crippen LogP contribution in [0, 0.1) is 0 Å². The number of nitrogens with one attached hydrogen (secondary N) is 1. The Hall–Kier alpha value is -3.15. The third-order valence-corrected chi connectivity index (χ3v) is 4.52. The van der Waals surface area contributed by atoms with E-state index >= 15 is 0 Å². The lowest BCUT2D eigenvalue weighted by atomic mass is 10.1. The van der Waals surface area contributed by atoms with Gasteiger partial charge in [-0.3, -0.25) is 14.9 Å². The molecule has 1 aliphatic rings. The van der Waals surface area contributed by atoms with Crippen molar-refractivity contribution in [3.63, 3.8) is 0 Å². The largest absolute Gasteiger partial charge is 0.486 e. The molecule has 1 saturated heterocycles. The van der Waals surface area contributed by atoms with Gasteiger partial charge in [0.05, 0.1) is 18.8 Å². The fourth-order valence-corrected chi connectivity index (χ4v) is 3.02. The monoisotopic (exact) mass is 348 g/mol. The van der Waals surface area contributed by atoms with E-state index in [4.69, 9.17) is 4.74 Å². The summed E-state index contributed by atoms with van der Waals surface area (Å²) in [6.07, 6.45) is 2.66. The lowest BCUT2D eigenvalue weighted by molar-refractivity contribution is 0.0170. The zero-order valence-electron chi connectivity index (χ0n) is 14.6. The van der Waals surface area contributed by atoms with E-state index in [0.29, 0.717) is 24.5 Å². The number of pyridine rings is 1. The van der Waals surface area contributed by atoms with Gasteiger partial charge in [-0.25, -0.2) is 0 Å². The van der Waals surface area contributed by atoms with E-state index in [0.717, 1.165) is 17.9 Å². The van der Waals surface area contributed by atoms with Gasteiger partial charge in [0.2, 0.25) is 0 Å². The van der Waals surface area contributed by atoms with Crippen LogP contribution in [0.25, 0.3) is 11.4 Å². The van der Waals surface area contributed by atoms with Crippen LogP contribution in [0.2, 0.25) is 0 Å². The SMILES string of the molecule is CCc1ccccc1OC1CN(C(=O)c2cc(-c3ccccn3)n[nH]2)C1. The minimum atomic E-state index is -0.0664. The number of aromatic nitrogens is 3. The highest BCUT2D eigenvalue weighted by molar-refractivity contribution is 5.93. The number of hydrogen-bond donors (Lipinski definition) is 1. The summed E-state index contributed by atoms with van der Waals surface area (Å²) >= 11 is 0. The predicted molar refractivity (Wildman–Crippen MR) is 98.0 cm³/mol. The highest BCUT2D eigenvalue weighted by Crippen LogP contribution is 2.24. The number of carbonyl (C=O) groups is 1. The van der Waals surface area contributed by atoms with Gasteiger partial charge in [-0.05, 0) is 36.2 Å². The standard InChI is InChI=1S/C20H20N4O2/c1-2-14-7-3-4-9-19(14)26-15-12-24(13-15)20(25)18-11-17(22-23-18)16-8-5-6-10-21-16/h3-11,15H,2,12-13H2,1H3,(H,22,23). The molecule has 0 aliphatic carbocycles. The van der Waals surface area contributed by atoms with Crippen LogP contribution in [0.1, 0.15) is 23.0 Å². The number of para-hydroxylation sites is 1. The Balaban J connectivity index is 1.37. The molecule has 0 saturated carbocycles. The van der Waals surface area contributed by atoms with Crippen molar-refractivity contribution in [2.24, 2.45) is 0 Å². The Bertz CT molecular complexity index is 901. The van der Waals surface area contributed by atoms with Gasteiger partial charge in [0.25, 0.3) is 5.91 Å². The summed E-state index contributed by atoms with van der Waals surface area (Å²) in [5.74, 6) is 0.842. The molecule has 1 aromatic carbocycles. The van der Waals surface area contributed by atoms with E-state index in [1.807, 2.05) is 36.4 Å². The Morgan fingerprint density at radius 1 is 1.19 bits per heavy atom. The predicted octanol–water partition coefficient (Wildman–Crippen LogP) is 2.94. The maximum atomic E-state index is 12.6. The summed E-state index contributed by atoms with van der Waals surface area (Å²) < 4.78 is 6.03. The second-order valence-corrected chi connectivity index (χ2v) is 6.29. The van der Waals surface area contributed by atoms with E-state index in [1.165, 1.54) is 5.56 Å². The van der Waals surface area contributed by atoms with Gasteiger partial charge >= 0.3 is 0 Å². The smallest absolute Gasteiger partial charge is 0.272 e. The number of aromatic amines is 1. The number of nitrogens with zero attached hydrogens (tertiary/aromatic N) is 3. The van der Waals surface area contributed by atoms with Crippen LogP contribution < -0.4 is 4.74 Å². The molecule has 0 bridgehead atoms. The van der Waals surface area contributed by atoms with Gasteiger partial charge in [0.1, 0.15) is 23.2 Å². The van der Waals surface area contributed by atoms with Gasteiger partial charge in [-0.15, -0.1) is 0 Å². The number of hydrogen-bond acceptors (Lipinski definition) is 4. The summed E-state index contributed by atoms with van der Waals surface area (Å²) in [6, 6.07) is 15.4. The molecule has 0 unspecified atom stereocenters. The molecule has 4 rings (SSSR count). The molecule has 2 aromatic heterocycles. The van der Waals surface area contributed by atoms with E-state index in [2.05, 4.69) is 28.2 Å². The second kappa shape index (κ2) is 7.00. The molecule has 6 heteroatoms. The maximum absolute atomic E-state index is 12.6. The average molecular weight is 348 g/mol. The van der Waals surface area contributed by atoms with Crippen LogP contribution in [-0.2, 0) is 6.42 Å². The van der Waals surface area contributed by atoms with Crippen LogP contribution in [-0.4, -0.2) is 45.2 Å². The molecular weight excluding hydrogens is 328 g/mol. The number of ether oxygens (including phenoxy) is 1. The van der Waals surface area contributed by atoms with Crippen molar-refractivity contribution < 1.29 is 9.53 Å². The van der Waals surface area contributed by atoms with Crippen LogP contribution in [0.4, 0.5) is 0 Å². The van der Waals surface area contributed by atoms with Gasteiger partial charge in [-0.2, -0.15) is 5.10 Å². The Labute approximate surface area is 151 Å². The second-order valence-electron chi connectivity index (χ2n) is 6.29. The number of H-pyrrole nitrogens is 1. The minimum Gasteiger partial charge on any atom is -0.486 e. The van der Waals surface area contributed by atoms with Crippen LogP contribution in [0.5, 0.6) is 5.75 Å². The van der Waals surface area contributed by atoms with Gasteiger partial charge in [-0.1, -0.05) is 31.2 Å². The van der Waals surface area contributed by atoms with Crippen molar-refractivity contribution >= 4 is 5.91 Å². The highest BCUT2D eigenvalue weighted by atomic mass is 16.5. The van der Waals surface area contributed by atoms with Crippen molar-refractivity contribution in [1.82, 2.24) is 20.1 Å². The molecule has 1 fully saturated rings. The zero-order chi connectivity index (χ0) is 17.9. The van der Waals surface area contributed by atoms with Gasteiger partial charge in [0, 0.05) is 6.20 Å². The van der Waals surface area contributed by atoms with Gasteiger partial charge < -0.3 is 9.64 Å². The lowest BCUT2D eigenvalue weighted by Crippen LogP contribution is -2.56. The molecule has 1 N–H and O–H groups in total. The van der Waals surface area contributed by atoms with Crippen molar-refractivity contribution in [2.75, 3.05) is 13.1 Å². The van der Waals surface area contributed by atoms with E-state index in [-0.39, 0.29) is 12.0 Å². The third-order valence-electron chi connectivity index (χ3n) is 4.52.